The number of aromatic nitrogens is 2. The topological polar surface area (TPSA) is 41.4 Å². The highest BCUT2D eigenvalue weighted by Gasteiger charge is 2.37. The molecule has 6 rings (SSSR count). The molecule has 0 radical (unpaired) electrons. The van der Waals surface area contributed by atoms with Crippen LogP contribution in [0, 0.1) is 0 Å². The lowest BCUT2D eigenvalue weighted by Crippen LogP contribution is -2.36. The van der Waals surface area contributed by atoms with Crippen LogP contribution in [0.3, 0.4) is 0 Å². The van der Waals surface area contributed by atoms with Crippen LogP contribution in [0.5, 0.6) is 0 Å². The number of benzene rings is 2. The summed E-state index contributed by atoms with van der Waals surface area (Å²) in [5.41, 5.74) is 10.8. The zero-order valence-corrected chi connectivity index (χ0v) is 18.0. The molecule has 0 saturated heterocycles. The average Bonchev–Trinajstić information content (AvgIpc) is 3.43. The van der Waals surface area contributed by atoms with Gasteiger partial charge in [0.1, 0.15) is 12.1 Å². The summed E-state index contributed by atoms with van der Waals surface area (Å²) >= 11 is 0. The second kappa shape index (κ2) is 7.16. The Morgan fingerprint density at radius 3 is 2.68 bits per heavy atom. The van der Waals surface area contributed by atoms with Gasteiger partial charge in [-0.3, -0.25) is 4.99 Å². The van der Waals surface area contributed by atoms with Crippen molar-refractivity contribution in [2.45, 2.75) is 45.2 Å². The predicted octanol–water partition coefficient (Wildman–Crippen LogP) is 5.49. The molecular weight excluding hydrogens is 380 g/mol. The lowest BCUT2D eigenvalue weighted by Gasteiger charge is -2.39. The molecule has 0 amide bonds. The van der Waals surface area contributed by atoms with Gasteiger partial charge in [-0.1, -0.05) is 62.4 Å². The molecule has 2 aromatic carbocycles. The van der Waals surface area contributed by atoms with Crippen LogP contribution in [0.2, 0.25) is 0 Å². The van der Waals surface area contributed by atoms with Crippen molar-refractivity contribution in [1.29, 1.82) is 0 Å². The highest BCUT2D eigenvalue weighted by atomic mass is 15.2. The Labute approximate surface area is 183 Å². The predicted molar refractivity (Wildman–Crippen MR) is 126 cm³/mol. The number of aliphatic imine (C=N–C) groups is 1. The Balaban J connectivity index is 1.50. The van der Waals surface area contributed by atoms with E-state index in [1.807, 2.05) is 6.21 Å². The minimum Gasteiger partial charge on any atom is -0.345 e. The SMILES string of the molecule is CC(C)c1ccc(C2C3=C(CCN2c2ncnc4c2C=NC4)c2ccccc2C3)cc1. The van der Waals surface area contributed by atoms with Crippen LogP contribution in [0.1, 0.15) is 65.7 Å². The molecule has 2 aliphatic heterocycles. The van der Waals surface area contributed by atoms with Crippen LogP contribution in [0.15, 0.2) is 65.4 Å². The molecule has 0 spiro atoms. The third kappa shape index (κ3) is 2.93. The van der Waals surface area contributed by atoms with Crippen molar-refractivity contribution < 1.29 is 0 Å². The zero-order valence-electron chi connectivity index (χ0n) is 18.0. The van der Waals surface area contributed by atoms with Crippen LogP contribution in [-0.4, -0.2) is 22.7 Å². The van der Waals surface area contributed by atoms with Gasteiger partial charge in [0.05, 0.1) is 23.8 Å². The van der Waals surface area contributed by atoms with Crippen LogP contribution in [-0.2, 0) is 13.0 Å². The van der Waals surface area contributed by atoms with Crippen molar-refractivity contribution in [3.63, 3.8) is 0 Å². The average molecular weight is 407 g/mol. The highest BCUT2D eigenvalue weighted by Crippen LogP contribution is 2.48. The van der Waals surface area contributed by atoms with E-state index in [1.54, 1.807) is 6.33 Å². The largest absolute Gasteiger partial charge is 0.345 e. The molecule has 1 unspecified atom stereocenters. The summed E-state index contributed by atoms with van der Waals surface area (Å²) < 4.78 is 0. The molecular formula is C27H26N4. The van der Waals surface area contributed by atoms with Crippen molar-refractivity contribution in [1.82, 2.24) is 9.97 Å². The summed E-state index contributed by atoms with van der Waals surface area (Å²) in [6, 6.07) is 18.3. The number of hydrogen-bond donors (Lipinski definition) is 0. The second-order valence-corrected chi connectivity index (χ2v) is 9.03. The fourth-order valence-electron chi connectivity index (χ4n) is 5.36. The molecule has 0 bridgehead atoms. The number of hydrogen-bond acceptors (Lipinski definition) is 4. The van der Waals surface area contributed by atoms with Crippen LogP contribution >= 0.6 is 0 Å². The Morgan fingerprint density at radius 1 is 1.00 bits per heavy atom. The monoisotopic (exact) mass is 406 g/mol. The lowest BCUT2D eigenvalue weighted by molar-refractivity contribution is 0.650. The van der Waals surface area contributed by atoms with E-state index in [0.717, 1.165) is 36.5 Å². The maximum Gasteiger partial charge on any atom is 0.141 e. The molecule has 3 aromatic rings. The number of anilines is 1. The van der Waals surface area contributed by atoms with Crippen molar-refractivity contribution in [2.24, 2.45) is 4.99 Å². The molecule has 0 N–H and O–H groups in total. The van der Waals surface area contributed by atoms with Gasteiger partial charge in [-0.15, -0.1) is 0 Å². The standard InChI is InChI=1S/C27H26N4/c1-17(2)18-7-9-19(10-8-18)26-23-13-20-5-3-4-6-21(20)22(23)11-12-31(26)27-24-14-28-15-25(24)29-16-30-27/h3-10,14,16-17,26H,11-13,15H2,1-2H3. The summed E-state index contributed by atoms with van der Waals surface area (Å²) in [5.74, 6) is 1.55. The molecule has 0 saturated carbocycles. The number of nitrogens with zero attached hydrogens (tertiary/aromatic N) is 4. The Bertz CT molecular complexity index is 1220. The van der Waals surface area contributed by atoms with E-state index in [1.165, 1.54) is 33.4 Å². The first-order valence-electron chi connectivity index (χ1n) is 11.2. The van der Waals surface area contributed by atoms with Crippen molar-refractivity contribution in [3.05, 3.63) is 93.9 Å². The van der Waals surface area contributed by atoms with Crippen molar-refractivity contribution >= 4 is 17.6 Å². The minimum absolute atomic E-state index is 0.186. The molecule has 154 valence electrons. The molecule has 0 fully saturated rings. The van der Waals surface area contributed by atoms with E-state index in [-0.39, 0.29) is 6.04 Å². The highest BCUT2D eigenvalue weighted by molar-refractivity contribution is 5.91. The zero-order chi connectivity index (χ0) is 20.9. The van der Waals surface area contributed by atoms with Gasteiger partial charge >= 0.3 is 0 Å². The van der Waals surface area contributed by atoms with E-state index >= 15 is 0 Å². The Kier molecular flexibility index (Phi) is 4.27. The summed E-state index contributed by atoms with van der Waals surface area (Å²) in [5, 5.41) is 0. The third-order valence-electron chi connectivity index (χ3n) is 6.95. The van der Waals surface area contributed by atoms with Crippen molar-refractivity contribution in [3.8, 4) is 0 Å². The van der Waals surface area contributed by atoms with Crippen molar-refractivity contribution in [2.75, 3.05) is 11.4 Å². The van der Waals surface area contributed by atoms with Gasteiger partial charge in [0.15, 0.2) is 0 Å². The summed E-state index contributed by atoms with van der Waals surface area (Å²) in [6.07, 6.45) is 5.72. The fraction of sp³-hybridized carbons (Fsp3) is 0.296. The summed E-state index contributed by atoms with van der Waals surface area (Å²) in [6.45, 7) is 6.10. The molecule has 3 aliphatic rings. The Morgan fingerprint density at radius 2 is 1.84 bits per heavy atom. The summed E-state index contributed by atoms with van der Waals surface area (Å²) in [4.78, 5) is 16.2. The molecule has 1 atom stereocenters. The molecule has 31 heavy (non-hydrogen) atoms. The van der Waals surface area contributed by atoms with Gasteiger partial charge in [0.25, 0.3) is 0 Å². The van der Waals surface area contributed by atoms with Gasteiger partial charge in [0, 0.05) is 12.8 Å². The smallest absolute Gasteiger partial charge is 0.141 e. The second-order valence-electron chi connectivity index (χ2n) is 9.03. The van der Waals surface area contributed by atoms with E-state index in [4.69, 9.17) is 4.98 Å². The van der Waals surface area contributed by atoms with Gasteiger partial charge < -0.3 is 4.90 Å². The van der Waals surface area contributed by atoms with E-state index in [2.05, 4.69) is 77.3 Å². The van der Waals surface area contributed by atoms with E-state index in [9.17, 15) is 0 Å². The first-order chi connectivity index (χ1) is 15.2. The number of fused-ring (bicyclic) bond motifs is 3. The molecule has 4 nitrogen and oxygen atoms in total. The quantitative estimate of drug-likeness (QED) is 0.577. The minimum atomic E-state index is 0.186. The molecule has 1 aliphatic carbocycles. The van der Waals surface area contributed by atoms with E-state index < -0.39 is 0 Å². The van der Waals surface area contributed by atoms with Crippen LogP contribution in [0.4, 0.5) is 5.82 Å². The Hall–Kier alpha value is -3.27. The maximum atomic E-state index is 4.76. The maximum absolute atomic E-state index is 4.76. The first kappa shape index (κ1) is 18.5. The van der Waals surface area contributed by atoms with Crippen LogP contribution in [0.25, 0.3) is 5.57 Å². The molecule has 4 heteroatoms. The summed E-state index contributed by atoms with van der Waals surface area (Å²) in [7, 11) is 0. The van der Waals surface area contributed by atoms with Gasteiger partial charge in [0.2, 0.25) is 0 Å². The van der Waals surface area contributed by atoms with Crippen LogP contribution < -0.4 is 4.90 Å². The van der Waals surface area contributed by atoms with Gasteiger partial charge in [-0.05, 0) is 52.2 Å². The van der Waals surface area contributed by atoms with Gasteiger partial charge in [-0.2, -0.15) is 0 Å². The van der Waals surface area contributed by atoms with E-state index in [0.29, 0.717) is 12.5 Å². The normalized spacial score (nSPS) is 19.1. The lowest BCUT2D eigenvalue weighted by atomic mass is 9.87. The molecule has 3 heterocycles. The first-order valence-corrected chi connectivity index (χ1v) is 11.2. The van der Waals surface area contributed by atoms with Gasteiger partial charge in [-0.25, -0.2) is 9.97 Å². The third-order valence-corrected chi connectivity index (χ3v) is 6.95. The fourth-order valence-corrected chi connectivity index (χ4v) is 5.36. The number of rotatable bonds is 3. The molecule has 1 aromatic heterocycles.